The summed E-state index contributed by atoms with van der Waals surface area (Å²) in [6.45, 7) is 1.26. The summed E-state index contributed by atoms with van der Waals surface area (Å²) in [4.78, 5) is 17.4. The Bertz CT molecular complexity index is 988. The molecule has 1 unspecified atom stereocenters. The fourth-order valence-corrected chi connectivity index (χ4v) is 3.66. The van der Waals surface area contributed by atoms with E-state index in [1.165, 1.54) is 0 Å². The average molecular weight is 432 g/mol. The quantitative estimate of drug-likeness (QED) is 0.618. The van der Waals surface area contributed by atoms with Gasteiger partial charge in [-0.2, -0.15) is 4.98 Å². The van der Waals surface area contributed by atoms with Crippen LogP contribution in [0.25, 0.3) is 11.4 Å². The number of benzene rings is 2. The van der Waals surface area contributed by atoms with Gasteiger partial charge in [-0.05, 0) is 37.0 Å². The molecule has 6 nitrogen and oxygen atoms in total. The van der Waals surface area contributed by atoms with Crippen molar-refractivity contribution < 1.29 is 14.1 Å². The standard InChI is InChI=1S/C21H19Cl2N3O3/c22-16-7-6-15(12-17(16)23)20(27)24-18(13-8-10-28-11-9-13)21-25-19(26-29-21)14-4-2-1-3-5-14/h1-7,12-13,18H,8-11H2,(H,24,27). The number of hydrogen-bond acceptors (Lipinski definition) is 5. The second-order valence-corrected chi connectivity index (χ2v) is 7.67. The molecule has 29 heavy (non-hydrogen) atoms. The molecule has 3 aromatic rings. The molecule has 2 heterocycles. The van der Waals surface area contributed by atoms with Crippen molar-refractivity contribution in [3.63, 3.8) is 0 Å². The smallest absolute Gasteiger partial charge is 0.251 e. The third kappa shape index (κ3) is 4.61. The lowest BCUT2D eigenvalue weighted by atomic mass is 9.91. The van der Waals surface area contributed by atoms with Gasteiger partial charge in [-0.1, -0.05) is 58.7 Å². The Labute approximate surface area is 178 Å². The van der Waals surface area contributed by atoms with E-state index in [9.17, 15) is 4.79 Å². The van der Waals surface area contributed by atoms with Crippen LogP contribution in [0.2, 0.25) is 10.0 Å². The van der Waals surface area contributed by atoms with Gasteiger partial charge < -0.3 is 14.6 Å². The molecule has 150 valence electrons. The number of carbonyl (C=O) groups excluding carboxylic acids is 1. The molecule has 1 aromatic heterocycles. The molecule has 1 aliphatic rings. The number of aromatic nitrogens is 2. The predicted molar refractivity (Wildman–Crippen MR) is 110 cm³/mol. The van der Waals surface area contributed by atoms with Crippen LogP contribution >= 0.6 is 23.2 Å². The van der Waals surface area contributed by atoms with Crippen molar-refractivity contribution in [2.75, 3.05) is 13.2 Å². The highest BCUT2D eigenvalue weighted by molar-refractivity contribution is 6.42. The molecular weight excluding hydrogens is 413 g/mol. The zero-order chi connectivity index (χ0) is 20.2. The normalized spacial score (nSPS) is 15.8. The molecule has 1 aliphatic heterocycles. The summed E-state index contributed by atoms with van der Waals surface area (Å²) in [5.74, 6) is 0.713. The van der Waals surface area contributed by atoms with Crippen LogP contribution in [0, 0.1) is 5.92 Å². The molecule has 1 saturated heterocycles. The van der Waals surface area contributed by atoms with Crippen LogP contribution in [-0.2, 0) is 4.74 Å². The third-order valence-electron chi connectivity index (χ3n) is 4.95. The Balaban J connectivity index is 1.61. The number of nitrogens with zero attached hydrogens (tertiary/aromatic N) is 2. The van der Waals surface area contributed by atoms with Gasteiger partial charge in [-0.3, -0.25) is 4.79 Å². The van der Waals surface area contributed by atoms with Gasteiger partial charge >= 0.3 is 0 Å². The second kappa shape index (κ2) is 8.95. The van der Waals surface area contributed by atoms with Crippen molar-refractivity contribution >= 4 is 29.1 Å². The molecule has 1 fully saturated rings. The minimum atomic E-state index is -0.425. The average Bonchev–Trinajstić information content (AvgIpc) is 3.25. The summed E-state index contributed by atoms with van der Waals surface area (Å²) in [7, 11) is 0. The zero-order valence-corrected chi connectivity index (χ0v) is 17.0. The topological polar surface area (TPSA) is 77.3 Å². The lowest BCUT2D eigenvalue weighted by molar-refractivity contribution is 0.0468. The Morgan fingerprint density at radius 3 is 2.55 bits per heavy atom. The van der Waals surface area contributed by atoms with Gasteiger partial charge in [0.05, 0.1) is 10.0 Å². The summed E-state index contributed by atoms with van der Waals surface area (Å²) in [5, 5.41) is 7.86. The van der Waals surface area contributed by atoms with Crippen LogP contribution in [0.15, 0.2) is 53.1 Å². The SMILES string of the molecule is O=C(NC(c1nc(-c2ccccc2)no1)C1CCOCC1)c1ccc(Cl)c(Cl)c1. The number of nitrogens with one attached hydrogen (secondary N) is 1. The molecule has 4 rings (SSSR count). The first-order valence-corrected chi connectivity index (χ1v) is 10.1. The van der Waals surface area contributed by atoms with Gasteiger partial charge in [-0.25, -0.2) is 0 Å². The van der Waals surface area contributed by atoms with Crippen LogP contribution in [0.3, 0.4) is 0 Å². The summed E-state index contributed by atoms with van der Waals surface area (Å²) in [5.41, 5.74) is 1.27. The summed E-state index contributed by atoms with van der Waals surface area (Å²) < 4.78 is 11.0. The highest BCUT2D eigenvalue weighted by Crippen LogP contribution is 2.31. The maximum Gasteiger partial charge on any atom is 0.251 e. The number of ether oxygens (including phenoxy) is 1. The number of amides is 1. The first-order chi connectivity index (χ1) is 14.1. The van der Waals surface area contributed by atoms with E-state index < -0.39 is 6.04 Å². The monoisotopic (exact) mass is 431 g/mol. The van der Waals surface area contributed by atoms with Crippen LogP contribution < -0.4 is 5.32 Å². The number of halogens is 2. The molecule has 0 bridgehead atoms. The molecule has 1 atom stereocenters. The number of hydrogen-bond donors (Lipinski definition) is 1. The van der Waals surface area contributed by atoms with E-state index in [0.29, 0.717) is 40.5 Å². The van der Waals surface area contributed by atoms with Crippen molar-refractivity contribution in [1.82, 2.24) is 15.5 Å². The van der Waals surface area contributed by atoms with E-state index in [0.717, 1.165) is 18.4 Å². The molecular formula is C21H19Cl2N3O3. The van der Waals surface area contributed by atoms with Crippen molar-refractivity contribution in [3.8, 4) is 11.4 Å². The minimum absolute atomic E-state index is 0.125. The van der Waals surface area contributed by atoms with Crippen molar-refractivity contribution in [1.29, 1.82) is 0 Å². The van der Waals surface area contributed by atoms with Gasteiger partial charge in [0.1, 0.15) is 6.04 Å². The Morgan fingerprint density at radius 2 is 1.83 bits per heavy atom. The van der Waals surface area contributed by atoms with Crippen LogP contribution in [0.5, 0.6) is 0 Å². The highest BCUT2D eigenvalue weighted by Gasteiger charge is 2.32. The molecule has 1 N–H and O–H groups in total. The lowest BCUT2D eigenvalue weighted by Gasteiger charge is -2.28. The first kappa shape index (κ1) is 19.9. The number of carbonyl (C=O) groups is 1. The Kier molecular flexibility index (Phi) is 6.13. The van der Waals surface area contributed by atoms with E-state index in [1.807, 2.05) is 30.3 Å². The zero-order valence-electron chi connectivity index (χ0n) is 15.5. The van der Waals surface area contributed by atoms with Crippen LogP contribution in [0.1, 0.15) is 35.1 Å². The van der Waals surface area contributed by atoms with E-state index >= 15 is 0 Å². The molecule has 8 heteroatoms. The Morgan fingerprint density at radius 1 is 1.07 bits per heavy atom. The summed E-state index contributed by atoms with van der Waals surface area (Å²) >= 11 is 12.0. The first-order valence-electron chi connectivity index (χ1n) is 9.34. The van der Waals surface area contributed by atoms with Crippen molar-refractivity contribution in [3.05, 3.63) is 70.0 Å². The highest BCUT2D eigenvalue weighted by atomic mass is 35.5. The predicted octanol–water partition coefficient (Wildman–Crippen LogP) is 4.94. The van der Waals surface area contributed by atoms with Crippen LogP contribution in [0.4, 0.5) is 0 Å². The maximum atomic E-state index is 12.9. The molecule has 1 amide bonds. The third-order valence-corrected chi connectivity index (χ3v) is 5.68. The molecule has 0 saturated carbocycles. The fourth-order valence-electron chi connectivity index (χ4n) is 3.36. The summed E-state index contributed by atoms with van der Waals surface area (Å²) in [6.07, 6.45) is 1.57. The van der Waals surface area contributed by atoms with Gasteiger partial charge in [0.2, 0.25) is 11.7 Å². The number of rotatable bonds is 5. The van der Waals surface area contributed by atoms with Gasteiger partial charge in [0.15, 0.2) is 0 Å². The maximum absolute atomic E-state index is 12.9. The fraction of sp³-hybridized carbons (Fsp3) is 0.286. The lowest BCUT2D eigenvalue weighted by Crippen LogP contribution is -2.36. The minimum Gasteiger partial charge on any atom is -0.381 e. The second-order valence-electron chi connectivity index (χ2n) is 6.85. The molecule has 2 aromatic carbocycles. The van der Waals surface area contributed by atoms with Crippen LogP contribution in [-0.4, -0.2) is 29.3 Å². The Hall–Kier alpha value is -2.41. The van der Waals surface area contributed by atoms with Crippen molar-refractivity contribution in [2.24, 2.45) is 5.92 Å². The molecule has 0 radical (unpaired) electrons. The van der Waals surface area contributed by atoms with E-state index in [2.05, 4.69) is 15.5 Å². The molecule has 0 spiro atoms. The van der Waals surface area contributed by atoms with Gasteiger partial charge in [0, 0.05) is 24.3 Å². The summed E-state index contributed by atoms with van der Waals surface area (Å²) in [6, 6.07) is 13.9. The van der Waals surface area contributed by atoms with Crippen molar-refractivity contribution in [2.45, 2.75) is 18.9 Å². The van der Waals surface area contributed by atoms with Gasteiger partial charge in [0.25, 0.3) is 5.91 Å². The van der Waals surface area contributed by atoms with E-state index in [-0.39, 0.29) is 11.8 Å². The van der Waals surface area contributed by atoms with Gasteiger partial charge in [-0.15, -0.1) is 0 Å². The van der Waals surface area contributed by atoms with E-state index in [4.69, 9.17) is 32.5 Å². The molecule has 0 aliphatic carbocycles. The van der Waals surface area contributed by atoms with E-state index in [1.54, 1.807) is 18.2 Å². The largest absolute Gasteiger partial charge is 0.381 e.